The largest absolute Gasteiger partial charge is 0.289 e. The lowest BCUT2D eigenvalue weighted by molar-refractivity contribution is -0.131. The molecule has 7 heteroatoms. The molecular formula is C12H18N2O4S. The van der Waals surface area contributed by atoms with Crippen molar-refractivity contribution in [1.82, 2.24) is 10.2 Å². The van der Waals surface area contributed by atoms with Crippen LogP contribution in [0.25, 0.3) is 0 Å². The standard InChI is InChI=1S/C12H18N2O4S/c1-8(2)11(12(15)13-16)14-19(17,18)10-6-4-5-9(3)7-10/h4-8,11,14,16H,1-3H3,(H,13,15)/t11-/m1/s1. The Kier molecular flexibility index (Phi) is 5.04. The molecule has 3 N–H and O–H groups in total. The Balaban J connectivity index is 3.04. The second-order valence-electron chi connectivity index (χ2n) is 4.64. The van der Waals surface area contributed by atoms with Crippen molar-refractivity contribution in [2.24, 2.45) is 5.92 Å². The van der Waals surface area contributed by atoms with Crippen LogP contribution in [-0.4, -0.2) is 25.6 Å². The van der Waals surface area contributed by atoms with E-state index in [0.29, 0.717) is 0 Å². The molecule has 1 aromatic rings. The number of carbonyl (C=O) groups excluding carboxylic acids is 1. The highest BCUT2D eigenvalue weighted by atomic mass is 32.2. The van der Waals surface area contributed by atoms with E-state index in [1.54, 1.807) is 32.9 Å². The Labute approximate surface area is 112 Å². The van der Waals surface area contributed by atoms with Crippen LogP contribution in [-0.2, 0) is 14.8 Å². The third-order valence-electron chi connectivity index (χ3n) is 2.64. The predicted molar refractivity (Wildman–Crippen MR) is 70.1 cm³/mol. The minimum absolute atomic E-state index is 0.0869. The van der Waals surface area contributed by atoms with E-state index in [9.17, 15) is 13.2 Å². The van der Waals surface area contributed by atoms with Gasteiger partial charge in [0.2, 0.25) is 10.0 Å². The van der Waals surface area contributed by atoms with E-state index in [1.165, 1.54) is 17.6 Å². The van der Waals surface area contributed by atoms with Gasteiger partial charge in [-0.3, -0.25) is 10.0 Å². The maximum atomic E-state index is 12.1. The molecule has 0 aliphatic carbocycles. The summed E-state index contributed by atoms with van der Waals surface area (Å²) in [7, 11) is -3.80. The highest BCUT2D eigenvalue weighted by Gasteiger charge is 2.28. The summed E-state index contributed by atoms with van der Waals surface area (Å²) in [6.07, 6.45) is 0. The Morgan fingerprint density at radius 3 is 2.42 bits per heavy atom. The third kappa shape index (κ3) is 4.02. The Hall–Kier alpha value is -1.44. The normalized spacial score (nSPS) is 13.3. The molecule has 0 heterocycles. The SMILES string of the molecule is Cc1cccc(S(=O)(=O)N[C@@H](C(=O)NO)C(C)C)c1. The molecule has 0 aromatic heterocycles. The number of nitrogens with one attached hydrogen (secondary N) is 2. The molecule has 1 atom stereocenters. The maximum Gasteiger partial charge on any atom is 0.261 e. The first-order valence-electron chi connectivity index (χ1n) is 5.81. The van der Waals surface area contributed by atoms with Crippen molar-refractivity contribution in [3.63, 3.8) is 0 Å². The van der Waals surface area contributed by atoms with Gasteiger partial charge in [0.15, 0.2) is 0 Å². The molecule has 106 valence electrons. The first-order valence-corrected chi connectivity index (χ1v) is 7.29. The maximum absolute atomic E-state index is 12.1. The van der Waals surface area contributed by atoms with Gasteiger partial charge in [0, 0.05) is 0 Å². The van der Waals surface area contributed by atoms with Crippen LogP contribution in [0.5, 0.6) is 0 Å². The summed E-state index contributed by atoms with van der Waals surface area (Å²) in [6, 6.07) is 5.33. The molecule has 0 bridgehead atoms. The Morgan fingerprint density at radius 1 is 1.32 bits per heavy atom. The number of rotatable bonds is 5. The Bertz CT molecular complexity index is 555. The molecule has 0 radical (unpaired) electrons. The van der Waals surface area contributed by atoms with E-state index >= 15 is 0 Å². The summed E-state index contributed by atoms with van der Waals surface area (Å²) < 4.78 is 26.6. The zero-order chi connectivity index (χ0) is 14.6. The topological polar surface area (TPSA) is 95.5 Å². The van der Waals surface area contributed by atoms with Crippen LogP contribution in [0.2, 0.25) is 0 Å². The second-order valence-corrected chi connectivity index (χ2v) is 6.35. The van der Waals surface area contributed by atoms with Crippen LogP contribution < -0.4 is 10.2 Å². The van der Waals surface area contributed by atoms with E-state index in [1.807, 2.05) is 0 Å². The predicted octanol–water partition coefficient (Wildman–Crippen LogP) is 0.803. The van der Waals surface area contributed by atoms with Gasteiger partial charge in [0.1, 0.15) is 6.04 Å². The van der Waals surface area contributed by atoms with Gasteiger partial charge in [-0.15, -0.1) is 0 Å². The molecule has 0 saturated carbocycles. The van der Waals surface area contributed by atoms with Crippen LogP contribution in [0.1, 0.15) is 19.4 Å². The summed E-state index contributed by atoms with van der Waals surface area (Å²) in [6.45, 7) is 5.14. The molecule has 19 heavy (non-hydrogen) atoms. The Morgan fingerprint density at radius 2 is 1.95 bits per heavy atom. The minimum Gasteiger partial charge on any atom is -0.289 e. The average molecular weight is 286 g/mol. The van der Waals surface area contributed by atoms with Gasteiger partial charge < -0.3 is 0 Å². The number of amides is 1. The van der Waals surface area contributed by atoms with Gasteiger partial charge in [-0.25, -0.2) is 13.9 Å². The molecule has 0 fully saturated rings. The number of carbonyl (C=O) groups is 1. The van der Waals surface area contributed by atoms with Gasteiger partial charge in [-0.2, -0.15) is 4.72 Å². The summed E-state index contributed by atoms with van der Waals surface area (Å²) in [5.41, 5.74) is 2.27. The summed E-state index contributed by atoms with van der Waals surface area (Å²) in [5.74, 6) is -1.09. The lowest BCUT2D eigenvalue weighted by Gasteiger charge is -2.20. The molecule has 1 amide bonds. The van der Waals surface area contributed by atoms with Crippen LogP contribution in [0, 0.1) is 12.8 Å². The second kappa shape index (κ2) is 6.14. The van der Waals surface area contributed by atoms with Gasteiger partial charge >= 0.3 is 0 Å². The highest BCUT2D eigenvalue weighted by Crippen LogP contribution is 2.13. The van der Waals surface area contributed by atoms with Crippen molar-refractivity contribution < 1.29 is 18.4 Å². The van der Waals surface area contributed by atoms with Crippen molar-refractivity contribution in [3.05, 3.63) is 29.8 Å². The zero-order valence-corrected chi connectivity index (χ0v) is 11.9. The zero-order valence-electron chi connectivity index (χ0n) is 11.0. The smallest absolute Gasteiger partial charge is 0.261 e. The van der Waals surface area contributed by atoms with E-state index in [2.05, 4.69) is 4.72 Å². The summed E-state index contributed by atoms with van der Waals surface area (Å²) in [5, 5.41) is 8.63. The number of benzene rings is 1. The number of hydroxylamine groups is 1. The van der Waals surface area contributed by atoms with Crippen LogP contribution in [0.15, 0.2) is 29.2 Å². The molecule has 0 aliphatic heterocycles. The summed E-state index contributed by atoms with van der Waals surface area (Å²) >= 11 is 0. The van der Waals surface area contributed by atoms with Crippen molar-refractivity contribution in [1.29, 1.82) is 0 Å². The first-order chi connectivity index (χ1) is 8.77. The third-order valence-corrected chi connectivity index (χ3v) is 4.08. The van der Waals surface area contributed by atoms with E-state index in [4.69, 9.17) is 5.21 Å². The van der Waals surface area contributed by atoms with Gasteiger partial charge in [0.25, 0.3) is 5.91 Å². The minimum atomic E-state index is -3.80. The number of hydrogen-bond donors (Lipinski definition) is 3. The fraction of sp³-hybridized carbons (Fsp3) is 0.417. The molecule has 0 unspecified atom stereocenters. The quantitative estimate of drug-likeness (QED) is 0.551. The number of sulfonamides is 1. The van der Waals surface area contributed by atoms with Crippen LogP contribution in [0.4, 0.5) is 0 Å². The molecule has 6 nitrogen and oxygen atoms in total. The van der Waals surface area contributed by atoms with Gasteiger partial charge in [-0.05, 0) is 30.5 Å². The lowest BCUT2D eigenvalue weighted by atomic mass is 10.1. The molecule has 0 aliphatic rings. The fourth-order valence-electron chi connectivity index (χ4n) is 1.58. The molecule has 0 saturated heterocycles. The monoisotopic (exact) mass is 286 g/mol. The molecular weight excluding hydrogens is 268 g/mol. The van der Waals surface area contributed by atoms with Crippen molar-refractivity contribution in [2.45, 2.75) is 31.7 Å². The highest BCUT2D eigenvalue weighted by molar-refractivity contribution is 7.89. The summed E-state index contributed by atoms with van der Waals surface area (Å²) in [4.78, 5) is 11.5. The fourth-order valence-corrected chi connectivity index (χ4v) is 3.03. The van der Waals surface area contributed by atoms with Crippen molar-refractivity contribution in [2.75, 3.05) is 0 Å². The number of hydrogen-bond acceptors (Lipinski definition) is 4. The van der Waals surface area contributed by atoms with E-state index in [0.717, 1.165) is 5.56 Å². The van der Waals surface area contributed by atoms with E-state index < -0.39 is 22.0 Å². The van der Waals surface area contributed by atoms with Crippen LogP contribution >= 0.6 is 0 Å². The first kappa shape index (κ1) is 15.6. The van der Waals surface area contributed by atoms with Gasteiger partial charge in [0.05, 0.1) is 4.90 Å². The number of aryl methyl sites for hydroxylation is 1. The lowest BCUT2D eigenvalue weighted by Crippen LogP contribution is -2.48. The van der Waals surface area contributed by atoms with Crippen LogP contribution in [0.3, 0.4) is 0 Å². The van der Waals surface area contributed by atoms with Gasteiger partial charge in [-0.1, -0.05) is 26.0 Å². The molecule has 0 spiro atoms. The van der Waals surface area contributed by atoms with Crippen molar-refractivity contribution in [3.8, 4) is 0 Å². The average Bonchev–Trinajstić information content (AvgIpc) is 2.35. The molecule has 1 aromatic carbocycles. The molecule has 1 rings (SSSR count). The van der Waals surface area contributed by atoms with Crippen molar-refractivity contribution >= 4 is 15.9 Å². The van der Waals surface area contributed by atoms with E-state index in [-0.39, 0.29) is 10.8 Å².